The summed E-state index contributed by atoms with van der Waals surface area (Å²) in [6, 6.07) is 3.71. The Morgan fingerprint density at radius 3 is 3.10 bits per heavy atom. The van der Waals surface area contributed by atoms with Gasteiger partial charge in [-0.2, -0.15) is 0 Å². The van der Waals surface area contributed by atoms with Gasteiger partial charge in [-0.05, 0) is 6.07 Å². The van der Waals surface area contributed by atoms with E-state index in [2.05, 4.69) is 16.4 Å². The Balaban J connectivity index is 2.67. The first kappa shape index (κ1) is 6.54. The van der Waals surface area contributed by atoms with Crippen LogP contribution in [0, 0.1) is 6.07 Å². The first-order chi connectivity index (χ1) is 4.79. The van der Waals surface area contributed by atoms with Crippen LogP contribution < -0.4 is 11.1 Å². The molecule has 1 rings (SSSR count). The number of urea groups is 1. The topological polar surface area (TPSA) is 68.0 Å². The minimum absolute atomic E-state index is 0.481. The van der Waals surface area contributed by atoms with Crippen molar-refractivity contribution in [3.8, 4) is 0 Å². The predicted molar refractivity (Wildman–Crippen MR) is 36.3 cm³/mol. The second-order valence-electron chi connectivity index (χ2n) is 1.64. The molecular formula is C6H6N3O. The molecule has 0 aliphatic rings. The lowest BCUT2D eigenvalue weighted by Crippen LogP contribution is -2.19. The number of aromatic nitrogens is 1. The van der Waals surface area contributed by atoms with Crippen LogP contribution in [0.1, 0.15) is 0 Å². The van der Waals surface area contributed by atoms with Crippen LogP contribution in [0.2, 0.25) is 0 Å². The third-order valence-electron chi connectivity index (χ3n) is 0.861. The van der Waals surface area contributed by atoms with Gasteiger partial charge in [0.05, 0.1) is 11.9 Å². The zero-order valence-electron chi connectivity index (χ0n) is 5.16. The summed E-state index contributed by atoms with van der Waals surface area (Å²) in [5.74, 6) is 0. The highest BCUT2D eigenvalue weighted by atomic mass is 16.2. The van der Waals surface area contributed by atoms with E-state index in [0.29, 0.717) is 5.69 Å². The number of rotatable bonds is 1. The molecule has 0 saturated carbocycles. The van der Waals surface area contributed by atoms with Crippen LogP contribution in [0.5, 0.6) is 0 Å². The molecular weight excluding hydrogens is 130 g/mol. The number of amides is 2. The maximum atomic E-state index is 10.2. The first-order valence-electron chi connectivity index (χ1n) is 2.67. The van der Waals surface area contributed by atoms with Gasteiger partial charge in [-0.3, -0.25) is 4.98 Å². The molecule has 4 nitrogen and oxygen atoms in total. The average Bonchev–Trinajstić information content (AvgIpc) is 1.88. The van der Waals surface area contributed by atoms with Crippen molar-refractivity contribution in [2.45, 2.75) is 0 Å². The van der Waals surface area contributed by atoms with Crippen molar-refractivity contribution in [2.24, 2.45) is 5.73 Å². The molecule has 1 aromatic rings. The van der Waals surface area contributed by atoms with Crippen molar-refractivity contribution < 1.29 is 4.79 Å². The molecule has 3 N–H and O–H groups in total. The second kappa shape index (κ2) is 2.82. The predicted octanol–water partition coefficient (Wildman–Crippen LogP) is 0.372. The van der Waals surface area contributed by atoms with E-state index in [-0.39, 0.29) is 0 Å². The van der Waals surface area contributed by atoms with Crippen molar-refractivity contribution in [3.63, 3.8) is 0 Å². The molecule has 1 heterocycles. The van der Waals surface area contributed by atoms with Gasteiger partial charge in [0.2, 0.25) is 0 Å². The summed E-state index contributed by atoms with van der Waals surface area (Å²) >= 11 is 0. The monoisotopic (exact) mass is 136 g/mol. The number of nitrogens with zero attached hydrogens (tertiary/aromatic N) is 1. The van der Waals surface area contributed by atoms with Gasteiger partial charge in [0.1, 0.15) is 0 Å². The van der Waals surface area contributed by atoms with E-state index >= 15 is 0 Å². The molecule has 0 saturated heterocycles. The third-order valence-corrected chi connectivity index (χ3v) is 0.861. The number of hydrogen-bond acceptors (Lipinski definition) is 2. The molecule has 0 bridgehead atoms. The van der Waals surface area contributed by atoms with Crippen LogP contribution in [-0.4, -0.2) is 11.0 Å². The van der Waals surface area contributed by atoms with Gasteiger partial charge >= 0.3 is 6.03 Å². The van der Waals surface area contributed by atoms with Crippen LogP contribution in [-0.2, 0) is 0 Å². The molecule has 1 aromatic heterocycles. The zero-order valence-corrected chi connectivity index (χ0v) is 5.16. The van der Waals surface area contributed by atoms with Crippen molar-refractivity contribution in [1.82, 2.24) is 4.98 Å². The van der Waals surface area contributed by atoms with Crippen LogP contribution in [0.25, 0.3) is 0 Å². The van der Waals surface area contributed by atoms with Gasteiger partial charge in [0.15, 0.2) is 0 Å². The third kappa shape index (κ3) is 1.74. The lowest BCUT2D eigenvalue weighted by molar-refractivity contribution is 0.259. The summed E-state index contributed by atoms with van der Waals surface area (Å²) in [6.07, 6.45) is 3.02. The molecule has 4 heteroatoms. The lowest BCUT2D eigenvalue weighted by Gasteiger charge is -1.96. The van der Waals surface area contributed by atoms with E-state index in [1.54, 1.807) is 12.3 Å². The molecule has 2 amide bonds. The zero-order chi connectivity index (χ0) is 7.40. The number of pyridine rings is 1. The molecule has 0 aliphatic carbocycles. The maximum absolute atomic E-state index is 10.2. The summed E-state index contributed by atoms with van der Waals surface area (Å²) < 4.78 is 0. The van der Waals surface area contributed by atoms with Gasteiger partial charge in [-0.15, -0.1) is 0 Å². The first-order valence-corrected chi connectivity index (χ1v) is 2.67. The van der Waals surface area contributed by atoms with Crippen LogP contribution >= 0.6 is 0 Å². The van der Waals surface area contributed by atoms with Crippen LogP contribution in [0.3, 0.4) is 0 Å². The molecule has 0 unspecified atom stereocenters. The summed E-state index contributed by atoms with van der Waals surface area (Å²) in [4.78, 5) is 14.0. The van der Waals surface area contributed by atoms with Gasteiger partial charge in [-0.1, -0.05) is 0 Å². The molecule has 51 valence electrons. The van der Waals surface area contributed by atoms with Crippen LogP contribution in [0.15, 0.2) is 18.5 Å². The normalized spacial score (nSPS) is 8.80. The Bertz CT molecular complexity index is 222. The second-order valence-corrected chi connectivity index (χ2v) is 1.64. The summed E-state index contributed by atoms with van der Waals surface area (Å²) in [5, 5.41) is 2.33. The SMILES string of the molecule is NC(=O)Nc1[c]ccnc1. The fraction of sp³-hybridized carbons (Fsp3) is 0. The standard InChI is InChI=1S/C6H6N3O/c7-6(10)9-5-2-1-3-8-4-5/h1,3-4H,(H3,7,9,10). The summed E-state index contributed by atoms with van der Waals surface area (Å²) in [6.45, 7) is 0. The fourth-order valence-electron chi connectivity index (χ4n) is 0.526. The Kier molecular flexibility index (Phi) is 1.84. The highest BCUT2D eigenvalue weighted by Gasteiger charge is 1.92. The Labute approximate surface area is 58.1 Å². The highest BCUT2D eigenvalue weighted by molar-refractivity contribution is 5.87. The summed E-state index contributed by atoms with van der Waals surface area (Å²) in [7, 11) is 0. The van der Waals surface area contributed by atoms with Crippen molar-refractivity contribution in [3.05, 3.63) is 24.5 Å². The van der Waals surface area contributed by atoms with E-state index in [0.717, 1.165) is 0 Å². The van der Waals surface area contributed by atoms with Gasteiger partial charge < -0.3 is 11.1 Å². The number of nitrogens with one attached hydrogen (secondary N) is 1. The average molecular weight is 136 g/mol. The molecule has 0 spiro atoms. The van der Waals surface area contributed by atoms with Gasteiger partial charge in [-0.25, -0.2) is 4.79 Å². The number of primary amides is 1. The van der Waals surface area contributed by atoms with Crippen LogP contribution in [0.4, 0.5) is 10.5 Å². The summed E-state index contributed by atoms with van der Waals surface area (Å²) in [5.41, 5.74) is 5.31. The smallest absolute Gasteiger partial charge is 0.316 e. The van der Waals surface area contributed by atoms with Crippen molar-refractivity contribution in [1.29, 1.82) is 0 Å². The number of anilines is 1. The van der Waals surface area contributed by atoms with E-state index < -0.39 is 6.03 Å². The minimum Gasteiger partial charge on any atom is -0.351 e. The fourth-order valence-corrected chi connectivity index (χ4v) is 0.526. The molecule has 0 aromatic carbocycles. The number of carbonyl (C=O) groups is 1. The lowest BCUT2D eigenvalue weighted by atomic mass is 10.4. The molecule has 0 atom stereocenters. The number of nitrogens with two attached hydrogens (primary N) is 1. The van der Waals surface area contributed by atoms with E-state index in [4.69, 9.17) is 5.73 Å². The quantitative estimate of drug-likeness (QED) is 0.585. The van der Waals surface area contributed by atoms with Gasteiger partial charge in [0, 0.05) is 12.3 Å². The molecule has 0 aliphatic heterocycles. The largest absolute Gasteiger partial charge is 0.351 e. The Morgan fingerprint density at radius 1 is 1.80 bits per heavy atom. The molecule has 0 fully saturated rings. The van der Waals surface area contributed by atoms with Crippen molar-refractivity contribution >= 4 is 11.7 Å². The highest BCUT2D eigenvalue weighted by Crippen LogP contribution is 1.99. The van der Waals surface area contributed by atoms with Gasteiger partial charge in [0.25, 0.3) is 0 Å². The van der Waals surface area contributed by atoms with E-state index in [1.165, 1.54) is 6.20 Å². The molecule has 10 heavy (non-hydrogen) atoms. The number of hydrogen-bond donors (Lipinski definition) is 2. The maximum Gasteiger partial charge on any atom is 0.316 e. The minimum atomic E-state index is -0.607. The molecule has 1 radical (unpaired) electrons. The van der Waals surface area contributed by atoms with Crippen molar-refractivity contribution in [2.75, 3.05) is 5.32 Å². The Hall–Kier alpha value is -1.58. The Morgan fingerprint density at radius 2 is 2.60 bits per heavy atom. The van der Waals surface area contributed by atoms with E-state index in [9.17, 15) is 4.79 Å². The van der Waals surface area contributed by atoms with E-state index in [1.807, 2.05) is 0 Å². The number of carbonyl (C=O) groups excluding carboxylic acids is 1.